The molecule has 0 bridgehead atoms. The van der Waals surface area contributed by atoms with E-state index in [1.165, 1.54) is 0 Å². The molecule has 0 radical (unpaired) electrons. The Kier molecular flexibility index (Phi) is 7.14. The molecule has 15 heavy (non-hydrogen) atoms. The van der Waals surface area contributed by atoms with Crippen LogP contribution in [0.1, 0.15) is 41.5 Å². The van der Waals surface area contributed by atoms with Gasteiger partial charge in [-0.3, -0.25) is 0 Å². The highest BCUT2D eigenvalue weighted by Gasteiger charge is 2.34. The van der Waals surface area contributed by atoms with E-state index in [0.717, 1.165) is 18.7 Å². The van der Waals surface area contributed by atoms with E-state index in [2.05, 4.69) is 41.5 Å². The first-order chi connectivity index (χ1) is 6.75. The van der Waals surface area contributed by atoms with Crippen LogP contribution in [0.5, 0.6) is 0 Å². The van der Waals surface area contributed by atoms with E-state index in [9.17, 15) is 0 Å². The second-order valence-corrected chi connectivity index (χ2v) is 10.7. The van der Waals surface area contributed by atoms with Crippen molar-refractivity contribution in [2.75, 3.05) is 6.61 Å². The fraction of sp³-hybridized carbons (Fsp3) is 1.00. The van der Waals surface area contributed by atoms with Crippen molar-refractivity contribution in [3.63, 3.8) is 0 Å². The molecule has 0 aliphatic rings. The predicted molar refractivity (Wildman–Crippen MR) is 71.7 cm³/mol. The van der Waals surface area contributed by atoms with Gasteiger partial charge < -0.3 is 4.43 Å². The number of hydrogen-bond donors (Lipinski definition) is 0. The van der Waals surface area contributed by atoms with E-state index >= 15 is 0 Å². The molecule has 0 spiro atoms. The maximum atomic E-state index is 6.69. The summed E-state index contributed by atoms with van der Waals surface area (Å²) in [4.78, 5) is 0. The zero-order valence-corrected chi connectivity index (χ0v) is 12.9. The van der Waals surface area contributed by atoms with Crippen molar-refractivity contribution in [1.29, 1.82) is 0 Å². The summed E-state index contributed by atoms with van der Waals surface area (Å²) in [6.07, 6.45) is 0. The van der Waals surface area contributed by atoms with Crippen molar-refractivity contribution in [3.05, 3.63) is 0 Å². The fourth-order valence-corrected chi connectivity index (χ4v) is 7.25. The summed E-state index contributed by atoms with van der Waals surface area (Å²) < 4.78 is 6.02. The van der Waals surface area contributed by atoms with Gasteiger partial charge in [0, 0.05) is 6.61 Å². The van der Waals surface area contributed by atoms with Crippen LogP contribution in [0.4, 0.5) is 0 Å². The Balaban J connectivity index is 4.26. The third-order valence-corrected chi connectivity index (χ3v) is 6.89. The summed E-state index contributed by atoms with van der Waals surface area (Å²) in [6.45, 7) is 14.1. The van der Waals surface area contributed by atoms with Gasteiger partial charge in [0.25, 0.3) is 7.63 Å². The second kappa shape index (κ2) is 6.92. The molecule has 0 aliphatic heterocycles. The Morgan fingerprint density at radius 3 is 1.53 bits per heavy atom. The van der Waals surface area contributed by atoms with Crippen LogP contribution < -0.4 is 0 Å². The summed E-state index contributed by atoms with van der Waals surface area (Å²) in [5, 5.41) is 0. The maximum Gasteiger partial charge on any atom is 0.290 e. The third kappa shape index (κ3) is 8.29. The molecule has 0 unspecified atom stereocenters. The number of rotatable bonds is 7. The lowest BCUT2D eigenvalue weighted by Crippen LogP contribution is -2.36. The van der Waals surface area contributed by atoms with Crippen LogP contribution in [0.15, 0.2) is 0 Å². The number of halogens is 1. The highest BCUT2D eigenvalue weighted by atomic mass is 35.6. The minimum absolute atomic E-state index is 0.579. The van der Waals surface area contributed by atoms with Gasteiger partial charge in [-0.2, -0.15) is 0 Å². The molecule has 3 heteroatoms. The molecule has 0 saturated heterocycles. The van der Waals surface area contributed by atoms with Gasteiger partial charge in [-0.15, -0.1) is 11.1 Å². The van der Waals surface area contributed by atoms with Crippen molar-refractivity contribution < 1.29 is 4.43 Å². The Morgan fingerprint density at radius 1 is 0.867 bits per heavy atom. The average molecular weight is 251 g/mol. The minimum atomic E-state index is -1.97. The molecule has 0 saturated carbocycles. The van der Waals surface area contributed by atoms with Crippen molar-refractivity contribution >= 4 is 18.7 Å². The Hall–Kier alpha value is 0.467. The van der Waals surface area contributed by atoms with Gasteiger partial charge in [0.05, 0.1) is 0 Å². The topological polar surface area (TPSA) is 9.23 Å². The van der Waals surface area contributed by atoms with Crippen LogP contribution in [-0.2, 0) is 4.43 Å². The van der Waals surface area contributed by atoms with E-state index in [1.54, 1.807) is 0 Å². The molecule has 0 amide bonds. The van der Waals surface area contributed by atoms with Crippen LogP contribution in [0, 0.1) is 17.8 Å². The summed E-state index contributed by atoms with van der Waals surface area (Å²) in [7, 11) is -1.97. The zero-order valence-electron chi connectivity index (χ0n) is 11.1. The molecule has 92 valence electrons. The molecule has 0 aromatic rings. The van der Waals surface area contributed by atoms with Crippen LogP contribution in [0.25, 0.3) is 0 Å². The summed E-state index contributed by atoms with van der Waals surface area (Å²) in [6, 6.07) is 2.14. The monoisotopic (exact) mass is 250 g/mol. The van der Waals surface area contributed by atoms with Crippen LogP contribution in [0.3, 0.4) is 0 Å². The quantitative estimate of drug-likeness (QED) is 0.472. The lowest BCUT2D eigenvalue weighted by molar-refractivity contribution is 0.259. The molecule has 0 aromatic heterocycles. The Bertz CT molecular complexity index is 159. The van der Waals surface area contributed by atoms with Crippen molar-refractivity contribution in [3.8, 4) is 0 Å². The van der Waals surface area contributed by atoms with E-state index in [4.69, 9.17) is 15.5 Å². The zero-order chi connectivity index (χ0) is 12.1. The predicted octanol–water partition coefficient (Wildman–Crippen LogP) is 4.65. The normalized spacial score (nSPS) is 13.2. The van der Waals surface area contributed by atoms with E-state index < -0.39 is 7.63 Å². The molecular formula is C12H27ClOSi. The van der Waals surface area contributed by atoms with Crippen molar-refractivity contribution in [2.24, 2.45) is 17.8 Å². The molecule has 1 nitrogen and oxygen atoms in total. The molecule has 0 aliphatic carbocycles. The Morgan fingerprint density at radius 2 is 1.27 bits per heavy atom. The molecule has 0 atom stereocenters. The summed E-state index contributed by atoms with van der Waals surface area (Å²) in [5.41, 5.74) is 0. The second-order valence-electron chi connectivity index (χ2n) is 5.78. The van der Waals surface area contributed by atoms with Crippen molar-refractivity contribution in [1.82, 2.24) is 0 Å². The Labute approximate surface area is 101 Å². The van der Waals surface area contributed by atoms with Gasteiger partial charge in [-0.1, -0.05) is 41.5 Å². The van der Waals surface area contributed by atoms with Gasteiger partial charge in [0.2, 0.25) is 0 Å². The first kappa shape index (κ1) is 15.5. The van der Waals surface area contributed by atoms with E-state index in [1.807, 2.05) is 0 Å². The molecule has 0 N–H and O–H groups in total. The molecule has 0 fully saturated rings. The van der Waals surface area contributed by atoms with E-state index in [-0.39, 0.29) is 0 Å². The van der Waals surface area contributed by atoms with Crippen LogP contribution in [-0.4, -0.2) is 14.2 Å². The molecule has 0 aromatic carbocycles. The van der Waals surface area contributed by atoms with Crippen molar-refractivity contribution in [2.45, 2.75) is 53.6 Å². The highest BCUT2D eigenvalue weighted by molar-refractivity contribution is 7.16. The first-order valence-electron chi connectivity index (χ1n) is 6.08. The lowest BCUT2D eigenvalue weighted by atomic mass is 10.2. The van der Waals surface area contributed by atoms with Gasteiger partial charge in [-0.05, 0) is 29.8 Å². The van der Waals surface area contributed by atoms with E-state index in [0.29, 0.717) is 17.8 Å². The molecule has 0 rings (SSSR count). The lowest BCUT2D eigenvalue weighted by Gasteiger charge is -2.28. The first-order valence-corrected chi connectivity index (χ1v) is 9.41. The van der Waals surface area contributed by atoms with Crippen LogP contribution in [0.2, 0.25) is 12.1 Å². The SMILES string of the molecule is CC(C)CO[Si](Cl)(CC(C)C)CC(C)C. The standard InChI is InChI=1S/C12H27ClOSi/c1-10(2)7-14-15(13,8-11(3)4)9-12(5)6/h10-12H,7-9H2,1-6H3. The van der Waals surface area contributed by atoms with Gasteiger partial charge >= 0.3 is 0 Å². The molecular weight excluding hydrogens is 224 g/mol. The third-order valence-electron chi connectivity index (χ3n) is 2.10. The van der Waals surface area contributed by atoms with Gasteiger partial charge in [-0.25, -0.2) is 0 Å². The van der Waals surface area contributed by atoms with Crippen LogP contribution >= 0.6 is 11.1 Å². The fourth-order valence-electron chi connectivity index (χ4n) is 1.74. The average Bonchev–Trinajstić information content (AvgIpc) is 1.97. The summed E-state index contributed by atoms with van der Waals surface area (Å²) >= 11 is 6.69. The minimum Gasteiger partial charge on any atom is -0.403 e. The summed E-state index contributed by atoms with van der Waals surface area (Å²) in [5.74, 6) is 1.86. The number of hydrogen-bond acceptors (Lipinski definition) is 1. The molecule has 0 heterocycles. The largest absolute Gasteiger partial charge is 0.403 e. The smallest absolute Gasteiger partial charge is 0.290 e. The maximum absolute atomic E-state index is 6.69. The van der Waals surface area contributed by atoms with Gasteiger partial charge in [0.15, 0.2) is 0 Å². The van der Waals surface area contributed by atoms with Gasteiger partial charge in [0.1, 0.15) is 0 Å². The highest BCUT2D eigenvalue weighted by Crippen LogP contribution is 2.30.